The van der Waals surface area contributed by atoms with Gasteiger partial charge in [-0.05, 0) is 36.2 Å². The van der Waals surface area contributed by atoms with Crippen LogP contribution in [0.25, 0.3) is 17.0 Å². The lowest BCUT2D eigenvalue weighted by Gasteiger charge is -2.10. The molecule has 0 aliphatic heterocycles. The van der Waals surface area contributed by atoms with Gasteiger partial charge in [-0.1, -0.05) is 24.3 Å². The van der Waals surface area contributed by atoms with Crippen LogP contribution in [0.15, 0.2) is 58.5 Å². The SMILES string of the molecule is COc1ccc(CCNC(=O)/C(C#N)=C/c2cc3ccccc3o2)cc1OC. The molecule has 1 heterocycles. The number of nitrogens with one attached hydrogen (secondary N) is 1. The van der Waals surface area contributed by atoms with Gasteiger partial charge in [0, 0.05) is 18.0 Å². The maximum absolute atomic E-state index is 12.3. The summed E-state index contributed by atoms with van der Waals surface area (Å²) in [7, 11) is 3.15. The lowest BCUT2D eigenvalue weighted by molar-refractivity contribution is -0.117. The van der Waals surface area contributed by atoms with Gasteiger partial charge in [0.15, 0.2) is 11.5 Å². The van der Waals surface area contributed by atoms with Gasteiger partial charge in [-0.25, -0.2) is 0 Å². The van der Waals surface area contributed by atoms with Crippen LogP contribution in [-0.2, 0) is 11.2 Å². The van der Waals surface area contributed by atoms with Crippen molar-refractivity contribution in [2.45, 2.75) is 6.42 Å². The smallest absolute Gasteiger partial charge is 0.262 e. The van der Waals surface area contributed by atoms with Crippen LogP contribution < -0.4 is 14.8 Å². The van der Waals surface area contributed by atoms with Gasteiger partial charge in [-0.2, -0.15) is 5.26 Å². The number of para-hydroxylation sites is 1. The number of nitriles is 1. The zero-order valence-corrected chi connectivity index (χ0v) is 15.7. The summed E-state index contributed by atoms with van der Waals surface area (Å²) in [6.07, 6.45) is 2.04. The number of benzene rings is 2. The number of rotatable bonds is 7. The van der Waals surface area contributed by atoms with Crippen LogP contribution in [0.2, 0.25) is 0 Å². The highest BCUT2D eigenvalue weighted by atomic mass is 16.5. The predicted octanol–water partition coefficient (Wildman–Crippen LogP) is 3.72. The van der Waals surface area contributed by atoms with Crippen molar-refractivity contribution < 1.29 is 18.7 Å². The Morgan fingerprint density at radius 3 is 2.64 bits per heavy atom. The number of methoxy groups -OCH3 is 2. The number of amides is 1. The molecule has 0 saturated heterocycles. The lowest BCUT2D eigenvalue weighted by atomic mass is 10.1. The molecular weight excluding hydrogens is 356 g/mol. The summed E-state index contributed by atoms with van der Waals surface area (Å²) in [5.41, 5.74) is 1.68. The van der Waals surface area contributed by atoms with E-state index in [0.717, 1.165) is 10.9 Å². The Labute approximate surface area is 163 Å². The second-order valence-corrected chi connectivity index (χ2v) is 6.05. The Hall–Kier alpha value is -3.72. The maximum atomic E-state index is 12.3. The number of hydrogen-bond donors (Lipinski definition) is 1. The minimum atomic E-state index is -0.441. The van der Waals surface area contributed by atoms with E-state index in [0.29, 0.717) is 35.8 Å². The van der Waals surface area contributed by atoms with Crippen molar-refractivity contribution in [2.75, 3.05) is 20.8 Å². The van der Waals surface area contributed by atoms with Gasteiger partial charge >= 0.3 is 0 Å². The minimum absolute atomic E-state index is 0.00799. The third kappa shape index (κ3) is 4.33. The van der Waals surface area contributed by atoms with Gasteiger partial charge in [-0.3, -0.25) is 4.79 Å². The van der Waals surface area contributed by atoms with Gasteiger partial charge in [0.1, 0.15) is 23.0 Å². The fourth-order valence-electron chi connectivity index (χ4n) is 2.82. The molecule has 1 aromatic heterocycles. The molecule has 6 nitrogen and oxygen atoms in total. The first kappa shape index (κ1) is 19.1. The number of hydrogen-bond acceptors (Lipinski definition) is 5. The van der Waals surface area contributed by atoms with Gasteiger partial charge in [0.25, 0.3) is 5.91 Å². The molecular formula is C22H20N2O4. The largest absolute Gasteiger partial charge is 0.493 e. The highest BCUT2D eigenvalue weighted by Crippen LogP contribution is 2.27. The summed E-state index contributed by atoms with van der Waals surface area (Å²) in [6, 6.07) is 16.8. The van der Waals surface area contributed by atoms with Gasteiger partial charge < -0.3 is 19.2 Å². The number of furan rings is 1. The van der Waals surface area contributed by atoms with Crippen molar-refractivity contribution in [3.05, 3.63) is 65.4 Å². The standard InChI is InChI=1S/C22H20N2O4/c1-26-20-8-7-15(11-21(20)27-2)9-10-24-22(25)17(14-23)13-18-12-16-5-3-4-6-19(16)28-18/h3-8,11-13H,9-10H2,1-2H3,(H,24,25)/b17-13+. The van der Waals surface area contributed by atoms with Gasteiger partial charge in [0.05, 0.1) is 14.2 Å². The normalized spacial score (nSPS) is 11.1. The van der Waals surface area contributed by atoms with Crippen molar-refractivity contribution in [3.63, 3.8) is 0 Å². The predicted molar refractivity (Wildman–Crippen MR) is 106 cm³/mol. The average Bonchev–Trinajstić information content (AvgIpc) is 3.14. The summed E-state index contributed by atoms with van der Waals surface area (Å²) in [6.45, 7) is 0.382. The molecule has 1 amide bonds. The molecule has 2 aromatic carbocycles. The highest BCUT2D eigenvalue weighted by Gasteiger charge is 2.11. The van der Waals surface area contributed by atoms with E-state index in [9.17, 15) is 10.1 Å². The minimum Gasteiger partial charge on any atom is -0.493 e. The lowest BCUT2D eigenvalue weighted by Crippen LogP contribution is -2.26. The molecule has 142 valence electrons. The molecule has 3 aromatic rings. The van der Waals surface area contributed by atoms with E-state index in [4.69, 9.17) is 13.9 Å². The summed E-state index contributed by atoms with van der Waals surface area (Å²) < 4.78 is 16.1. The number of nitrogens with zero attached hydrogens (tertiary/aromatic N) is 1. The fraction of sp³-hybridized carbons (Fsp3) is 0.182. The Balaban J connectivity index is 1.63. The summed E-state index contributed by atoms with van der Waals surface area (Å²) in [5.74, 6) is 1.31. The number of carbonyl (C=O) groups is 1. The molecule has 0 fully saturated rings. The highest BCUT2D eigenvalue weighted by molar-refractivity contribution is 6.01. The van der Waals surface area contributed by atoms with E-state index in [1.54, 1.807) is 20.3 Å². The van der Waals surface area contributed by atoms with Crippen LogP contribution in [-0.4, -0.2) is 26.7 Å². The Bertz CT molecular complexity index is 1030. The third-order valence-electron chi connectivity index (χ3n) is 4.24. The Morgan fingerprint density at radius 2 is 1.93 bits per heavy atom. The number of carbonyl (C=O) groups excluding carboxylic acids is 1. The Morgan fingerprint density at radius 1 is 1.14 bits per heavy atom. The molecule has 0 unspecified atom stereocenters. The quantitative estimate of drug-likeness (QED) is 0.502. The zero-order chi connectivity index (χ0) is 19.9. The van der Waals surface area contributed by atoms with Crippen molar-refractivity contribution in [3.8, 4) is 17.6 Å². The van der Waals surface area contributed by atoms with Gasteiger partial charge in [0.2, 0.25) is 0 Å². The molecule has 1 N–H and O–H groups in total. The molecule has 28 heavy (non-hydrogen) atoms. The van der Waals surface area contributed by atoms with Crippen LogP contribution in [0.4, 0.5) is 0 Å². The molecule has 0 aliphatic carbocycles. The number of ether oxygens (including phenoxy) is 2. The average molecular weight is 376 g/mol. The molecule has 0 saturated carbocycles. The first-order valence-electron chi connectivity index (χ1n) is 8.74. The topological polar surface area (TPSA) is 84.5 Å². The van der Waals surface area contributed by atoms with E-state index in [2.05, 4.69) is 5.32 Å². The molecule has 0 radical (unpaired) electrons. The van der Waals surface area contributed by atoms with Crippen LogP contribution in [0.1, 0.15) is 11.3 Å². The molecule has 6 heteroatoms. The third-order valence-corrected chi connectivity index (χ3v) is 4.24. The van der Waals surface area contributed by atoms with Gasteiger partial charge in [-0.15, -0.1) is 0 Å². The molecule has 0 spiro atoms. The van der Waals surface area contributed by atoms with E-state index < -0.39 is 5.91 Å². The maximum Gasteiger partial charge on any atom is 0.262 e. The summed E-state index contributed by atoms with van der Waals surface area (Å²) >= 11 is 0. The van der Waals surface area contributed by atoms with Crippen LogP contribution in [0.5, 0.6) is 11.5 Å². The summed E-state index contributed by atoms with van der Waals surface area (Å²) in [5, 5.41) is 13.0. The Kier molecular flexibility index (Phi) is 5.97. The first-order valence-corrected chi connectivity index (χ1v) is 8.74. The molecule has 3 rings (SSSR count). The zero-order valence-electron chi connectivity index (χ0n) is 15.7. The van der Waals surface area contributed by atoms with Crippen LogP contribution in [0, 0.1) is 11.3 Å². The van der Waals surface area contributed by atoms with E-state index in [1.807, 2.05) is 48.5 Å². The van der Waals surface area contributed by atoms with E-state index in [-0.39, 0.29) is 5.57 Å². The first-order chi connectivity index (χ1) is 13.6. The summed E-state index contributed by atoms with van der Waals surface area (Å²) in [4.78, 5) is 12.3. The van der Waals surface area contributed by atoms with Crippen molar-refractivity contribution >= 4 is 23.0 Å². The molecule has 0 bridgehead atoms. The fourth-order valence-corrected chi connectivity index (χ4v) is 2.82. The van der Waals surface area contributed by atoms with Crippen molar-refractivity contribution in [1.29, 1.82) is 5.26 Å². The monoisotopic (exact) mass is 376 g/mol. The van der Waals surface area contributed by atoms with Crippen LogP contribution >= 0.6 is 0 Å². The van der Waals surface area contributed by atoms with E-state index >= 15 is 0 Å². The second-order valence-electron chi connectivity index (χ2n) is 6.05. The molecule has 0 atom stereocenters. The van der Waals surface area contributed by atoms with Crippen LogP contribution in [0.3, 0.4) is 0 Å². The second kappa shape index (κ2) is 8.78. The van der Waals surface area contributed by atoms with Crippen molar-refractivity contribution in [1.82, 2.24) is 5.32 Å². The number of fused-ring (bicyclic) bond motifs is 1. The van der Waals surface area contributed by atoms with E-state index in [1.165, 1.54) is 6.08 Å². The van der Waals surface area contributed by atoms with Crippen molar-refractivity contribution in [2.24, 2.45) is 0 Å². The molecule has 0 aliphatic rings.